The van der Waals surface area contributed by atoms with E-state index in [1.807, 2.05) is 0 Å². The number of carbonyl (C=O) groups excluding carboxylic acids is 4. The van der Waals surface area contributed by atoms with E-state index in [1.54, 1.807) is 32.3 Å². The van der Waals surface area contributed by atoms with Crippen molar-refractivity contribution in [1.82, 2.24) is 9.88 Å². The number of nitrogens with one attached hydrogen (secondary N) is 2. The summed E-state index contributed by atoms with van der Waals surface area (Å²) in [6.45, 7) is 9.72. The molecule has 0 bridgehead atoms. The molecule has 0 aliphatic carbocycles. The Morgan fingerprint density at radius 1 is 1.13 bits per heavy atom. The summed E-state index contributed by atoms with van der Waals surface area (Å²) in [4.78, 5) is 49.9. The summed E-state index contributed by atoms with van der Waals surface area (Å²) in [6.07, 6.45) is 0. The van der Waals surface area contributed by atoms with Crippen LogP contribution in [0.3, 0.4) is 0 Å². The van der Waals surface area contributed by atoms with E-state index in [2.05, 4.69) is 10.6 Å². The average molecular weight is 430 g/mol. The topological polar surface area (TPSA) is 123 Å². The number of carbonyl (C=O) groups is 4. The lowest BCUT2D eigenvalue weighted by Gasteiger charge is -2.21. The van der Waals surface area contributed by atoms with Gasteiger partial charge >= 0.3 is 0 Å². The van der Waals surface area contributed by atoms with E-state index >= 15 is 0 Å². The van der Waals surface area contributed by atoms with Crippen molar-refractivity contribution < 1.29 is 23.6 Å². The van der Waals surface area contributed by atoms with Gasteiger partial charge in [-0.15, -0.1) is 0 Å². The van der Waals surface area contributed by atoms with E-state index in [4.69, 9.17) is 5.73 Å². The van der Waals surface area contributed by atoms with Crippen molar-refractivity contribution in [3.05, 3.63) is 52.1 Å². The Kier molecular flexibility index (Phi) is 6.68. The number of benzene rings is 1. The molecule has 0 aliphatic heterocycles. The van der Waals surface area contributed by atoms with E-state index in [9.17, 15) is 23.6 Å². The Hall–Kier alpha value is -3.49. The minimum Gasteiger partial charge on any atom is -0.368 e. The number of aryl methyl sites for hydroxylation is 1. The third-order valence-corrected chi connectivity index (χ3v) is 5.19. The molecule has 31 heavy (non-hydrogen) atoms. The Labute approximate surface area is 180 Å². The lowest BCUT2D eigenvalue weighted by Crippen LogP contribution is -2.54. The largest absolute Gasteiger partial charge is 0.368 e. The van der Waals surface area contributed by atoms with E-state index in [0.29, 0.717) is 29.1 Å². The first-order valence-electron chi connectivity index (χ1n) is 9.75. The number of nitrogens with zero attached hydrogens (tertiary/aromatic N) is 1. The highest BCUT2D eigenvalue weighted by Crippen LogP contribution is 2.25. The van der Waals surface area contributed by atoms with Crippen molar-refractivity contribution in [1.29, 1.82) is 0 Å². The number of halogens is 1. The van der Waals surface area contributed by atoms with Crippen molar-refractivity contribution in [2.75, 3.05) is 5.32 Å². The van der Waals surface area contributed by atoms with Crippen LogP contribution in [0.25, 0.3) is 0 Å². The van der Waals surface area contributed by atoms with Crippen LogP contribution in [-0.4, -0.2) is 33.6 Å². The van der Waals surface area contributed by atoms with Crippen LogP contribution in [0.1, 0.15) is 58.4 Å². The SMILES string of the molecule is CCn1c(C)c(C(=O)Nc2ccc(F)c(C)c2)c(C)c1C(=O)C(=O)NC(C)(C)C(N)=O. The molecule has 0 fully saturated rings. The van der Waals surface area contributed by atoms with Crippen LogP contribution in [0.2, 0.25) is 0 Å². The number of nitrogens with two attached hydrogens (primary N) is 1. The molecule has 0 atom stereocenters. The quantitative estimate of drug-likeness (QED) is 0.461. The summed E-state index contributed by atoms with van der Waals surface area (Å²) >= 11 is 0. The molecule has 0 unspecified atom stereocenters. The predicted octanol–water partition coefficient (Wildman–Crippen LogP) is 2.39. The minimum atomic E-state index is -1.42. The van der Waals surface area contributed by atoms with Crippen molar-refractivity contribution in [3.8, 4) is 0 Å². The number of hydrogen-bond donors (Lipinski definition) is 3. The van der Waals surface area contributed by atoms with Crippen LogP contribution in [-0.2, 0) is 16.1 Å². The highest BCUT2D eigenvalue weighted by Gasteiger charge is 2.34. The van der Waals surface area contributed by atoms with Crippen molar-refractivity contribution >= 4 is 29.2 Å². The predicted molar refractivity (Wildman–Crippen MR) is 114 cm³/mol. The van der Waals surface area contributed by atoms with Gasteiger partial charge in [-0.1, -0.05) is 0 Å². The Morgan fingerprint density at radius 2 is 1.74 bits per heavy atom. The maximum absolute atomic E-state index is 13.5. The minimum absolute atomic E-state index is 0.0539. The summed E-state index contributed by atoms with van der Waals surface area (Å²) in [7, 11) is 0. The first kappa shape index (κ1) is 23.8. The average Bonchev–Trinajstić information content (AvgIpc) is 2.93. The van der Waals surface area contributed by atoms with Crippen LogP contribution in [0.4, 0.5) is 10.1 Å². The molecule has 0 radical (unpaired) electrons. The molecule has 2 rings (SSSR count). The molecule has 4 N–H and O–H groups in total. The number of primary amides is 1. The molecule has 1 heterocycles. The summed E-state index contributed by atoms with van der Waals surface area (Å²) in [5, 5.41) is 5.03. The monoisotopic (exact) mass is 430 g/mol. The van der Waals surface area contributed by atoms with E-state index in [-0.39, 0.29) is 17.1 Å². The fourth-order valence-electron chi connectivity index (χ4n) is 3.34. The molecule has 3 amide bonds. The summed E-state index contributed by atoms with van der Waals surface area (Å²) in [5.41, 5.74) is 5.75. The van der Waals surface area contributed by atoms with Crippen LogP contribution in [0.15, 0.2) is 18.2 Å². The van der Waals surface area contributed by atoms with Crippen molar-refractivity contribution in [3.63, 3.8) is 0 Å². The molecule has 8 nitrogen and oxygen atoms in total. The Balaban J connectivity index is 2.43. The molecule has 2 aromatic rings. The van der Waals surface area contributed by atoms with Gasteiger partial charge in [0.2, 0.25) is 5.91 Å². The van der Waals surface area contributed by atoms with Gasteiger partial charge in [0.15, 0.2) is 0 Å². The van der Waals surface area contributed by atoms with Crippen LogP contribution in [0.5, 0.6) is 0 Å². The van der Waals surface area contributed by atoms with Gasteiger partial charge in [0.05, 0.1) is 11.3 Å². The van der Waals surface area contributed by atoms with Gasteiger partial charge in [-0.2, -0.15) is 0 Å². The Bertz CT molecular complexity index is 1090. The molecule has 1 aromatic carbocycles. The van der Waals surface area contributed by atoms with Gasteiger partial charge in [-0.3, -0.25) is 19.2 Å². The van der Waals surface area contributed by atoms with Gasteiger partial charge in [0, 0.05) is 17.9 Å². The van der Waals surface area contributed by atoms with Crippen LogP contribution < -0.4 is 16.4 Å². The second kappa shape index (κ2) is 8.71. The smallest absolute Gasteiger partial charge is 0.294 e. The zero-order valence-corrected chi connectivity index (χ0v) is 18.5. The molecule has 9 heteroatoms. The molecule has 0 aliphatic rings. The molecule has 0 spiro atoms. The third-order valence-electron chi connectivity index (χ3n) is 5.19. The third kappa shape index (κ3) is 4.65. The van der Waals surface area contributed by atoms with E-state index in [1.165, 1.54) is 32.0 Å². The zero-order chi connectivity index (χ0) is 23.7. The maximum Gasteiger partial charge on any atom is 0.294 e. The number of anilines is 1. The van der Waals surface area contributed by atoms with Gasteiger partial charge in [-0.05, 0) is 70.9 Å². The lowest BCUT2D eigenvalue weighted by atomic mass is 10.0. The van der Waals surface area contributed by atoms with E-state index < -0.39 is 29.0 Å². The Morgan fingerprint density at radius 3 is 2.26 bits per heavy atom. The van der Waals surface area contributed by atoms with E-state index in [0.717, 1.165) is 0 Å². The van der Waals surface area contributed by atoms with Gasteiger partial charge in [-0.25, -0.2) is 4.39 Å². The first-order chi connectivity index (χ1) is 14.3. The highest BCUT2D eigenvalue weighted by atomic mass is 19.1. The second-order valence-corrected chi connectivity index (χ2v) is 7.87. The summed E-state index contributed by atoms with van der Waals surface area (Å²) in [6, 6.07) is 4.19. The van der Waals surface area contributed by atoms with Gasteiger partial charge in [0.25, 0.3) is 17.6 Å². The van der Waals surface area contributed by atoms with Crippen molar-refractivity contribution in [2.24, 2.45) is 5.73 Å². The fraction of sp³-hybridized carbons (Fsp3) is 0.364. The number of Topliss-reactive ketones (excluding diaryl/α,β-unsaturated/α-hetero) is 1. The molecular weight excluding hydrogens is 403 g/mol. The fourth-order valence-corrected chi connectivity index (χ4v) is 3.34. The summed E-state index contributed by atoms with van der Waals surface area (Å²) < 4.78 is 15.1. The van der Waals surface area contributed by atoms with Gasteiger partial charge < -0.3 is 20.9 Å². The molecule has 166 valence electrons. The molecule has 1 aromatic heterocycles. The number of hydrogen-bond acceptors (Lipinski definition) is 4. The lowest BCUT2D eigenvalue weighted by molar-refractivity contribution is -0.128. The van der Waals surface area contributed by atoms with Crippen LogP contribution in [0, 0.1) is 26.6 Å². The molecule has 0 saturated carbocycles. The number of ketones is 1. The highest BCUT2D eigenvalue weighted by molar-refractivity contribution is 6.43. The summed E-state index contributed by atoms with van der Waals surface area (Å²) in [5.74, 6) is -3.55. The van der Waals surface area contributed by atoms with Crippen molar-refractivity contribution in [2.45, 2.75) is 53.6 Å². The number of amides is 3. The van der Waals surface area contributed by atoms with Crippen LogP contribution >= 0.6 is 0 Å². The standard InChI is InChI=1S/C22H27FN4O4/c1-7-27-13(4)16(19(29)25-14-8-9-15(23)11(2)10-14)12(3)17(27)18(28)20(30)26-22(5,6)21(24)31/h8-10H,7H2,1-6H3,(H2,24,31)(H,25,29)(H,26,30). The second-order valence-electron chi connectivity index (χ2n) is 7.87. The number of aromatic nitrogens is 1. The molecule has 0 saturated heterocycles. The first-order valence-corrected chi connectivity index (χ1v) is 9.75. The van der Waals surface area contributed by atoms with Gasteiger partial charge in [0.1, 0.15) is 11.4 Å². The maximum atomic E-state index is 13.5. The normalized spacial score (nSPS) is 11.2. The zero-order valence-electron chi connectivity index (χ0n) is 18.5. The number of rotatable bonds is 7. The molecular formula is C22H27FN4O4.